The molecule has 1 aromatic rings. The van der Waals surface area contributed by atoms with Gasteiger partial charge in [-0.1, -0.05) is 6.92 Å². The van der Waals surface area contributed by atoms with Crippen molar-refractivity contribution in [3.05, 3.63) is 23.3 Å². The van der Waals surface area contributed by atoms with Gasteiger partial charge in [-0.25, -0.2) is 9.97 Å². The van der Waals surface area contributed by atoms with Gasteiger partial charge in [0.2, 0.25) is 0 Å². The van der Waals surface area contributed by atoms with E-state index in [2.05, 4.69) is 28.3 Å². The van der Waals surface area contributed by atoms with E-state index in [4.69, 9.17) is 0 Å². The van der Waals surface area contributed by atoms with E-state index in [9.17, 15) is 0 Å². The molecule has 2 aliphatic carbocycles. The fourth-order valence-electron chi connectivity index (χ4n) is 2.03. The molecule has 0 aromatic carbocycles. The molecule has 0 bridgehead atoms. The molecule has 16 heavy (non-hydrogen) atoms. The van der Waals surface area contributed by atoms with E-state index < -0.39 is 0 Å². The maximum atomic E-state index is 4.67. The SMILES string of the molecule is CCNCc1nc(C2CC2)cc(C2CC2)n1. The zero-order valence-corrected chi connectivity index (χ0v) is 9.87. The summed E-state index contributed by atoms with van der Waals surface area (Å²) >= 11 is 0. The van der Waals surface area contributed by atoms with Gasteiger partial charge >= 0.3 is 0 Å². The average molecular weight is 217 g/mol. The van der Waals surface area contributed by atoms with Gasteiger partial charge in [-0.15, -0.1) is 0 Å². The molecule has 2 fully saturated rings. The van der Waals surface area contributed by atoms with Gasteiger partial charge in [-0.2, -0.15) is 0 Å². The lowest BCUT2D eigenvalue weighted by atomic mass is 10.2. The van der Waals surface area contributed by atoms with Gasteiger partial charge in [-0.3, -0.25) is 0 Å². The van der Waals surface area contributed by atoms with E-state index in [1.807, 2.05) is 0 Å². The van der Waals surface area contributed by atoms with Crippen molar-refractivity contribution in [3.63, 3.8) is 0 Å². The summed E-state index contributed by atoms with van der Waals surface area (Å²) in [6.07, 6.45) is 5.28. The van der Waals surface area contributed by atoms with Crippen LogP contribution in [-0.2, 0) is 6.54 Å². The van der Waals surface area contributed by atoms with Crippen LogP contribution in [0.5, 0.6) is 0 Å². The van der Waals surface area contributed by atoms with Crippen LogP contribution in [0.1, 0.15) is 61.7 Å². The van der Waals surface area contributed by atoms with Crippen LogP contribution in [0.4, 0.5) is 0 Å². The van der Waals surface area contributed by atoms with Crippen molar-refractivity contribution in [1.82, 2.24) is 15.3 Å². The first-order valence-electron chi connectivity index (χ1n) is 6.45. The normalized spacial score (nSPS) is 20.1. The monoisotopic (exact) mass is 217 g/mol. The maximum absolute atomic E-state index is 4.67. The lowest BCUT2D eigenvalue weighted by Gasteiger charge is -2.07. The van der Waals surface area contributed by atoms with Crippen molar-refractivity contribution in [2.75, 3.05) is 6.54 Å². The highest BCUT2D eigenvalue weighted by atomic mass is 15.0. The second-order valence-corrected chi connectivity index (χ2v) is 4.96. The van der Waals surface area contributed by atoms with Crippen molar-refractivity contribution in [3.8, 4) is 0 Å². The molecule has 0 aliphatic heterocycles. The molecule has 2 saturated carbocycles. The predicted octanol–water partition coefficient (Wildman–Crippen LogP) is 2.34. The fourth-order valence-corrected chi connectivity index (χ4v) is 2.03. The predicted molar refractivity (Wildman–Crippen MR) is 63.4 cm³/mol. The van der Waals surface area contributed by atoms with E-state index in [-0.39, 0.29) is 0 Å². The highest BCUT2D eigenvalue weighted by molar-refractivity contribution is 5.24. The molecule has 0 spiro atoms. The lowest BCUT2D eigenvalue weighted by Crippen LogP contribution is -2.15. The average Bonchev–Trinajstić information content (AvgIpc) is 3.19. The number of rotatable bonds is 5. The molecule has 0 atom stereocenters. The van der Waals surface area contributed by atoms with Crippen molar-refractivity contribution in [2.24, 2.45) is 0 Å². The molecule has 1 heterocycles. The minimum absolute atomic E-state index is 0.737. The third kappa shape index (κ3) is 2.24. The van der Waals surface area contributed by atoms with E-state index in [1.165, 1.54) is 37.1 Å². The first-order valence-corrected chi connectivity index (χ1v) is 6.45. The van der Waals surface area contributed by atoms with Crippen LogP contribution in [0.2, 0.25) is 0 Å². The lowest BCUT2D eigenvalue weighted by molar-refractivity contribution is 0.677. The van der Waals surface area contributed by atoms with E-state index in [0.717, 1.165) is 30.7 Å². The van der Waals surface area contributed by atoms with Crippen LogP contribution < -0.4 is 5.32 Å². The van der Waals surface area contributed by atoms with Gasteiger partial charge in [0, 0.05) is 23.2 Å². The number of aromatic nitrogens is 2. The molecule has 0 radical (unpaired) electrons. The summed E-state index contributed by atoms with van der Waals surface area (Å²) in [7, 11) is 0. The van der Waals surface area contributed by atoms with E-state index in [0.29, 0.717) is 0 Å². The Bertz CT molecular complexity index is 351. The first kappa shape index (κ1) is 10.2. The zero-order valence-electron chi connectivity index (χ0n) is 9.87. The summed E-state index contributed by atoms with van der Waals surface area (Å²) in [6.45, 7) is 3.92. The zero-order chi connectivity index (χ0) is 11.0. The van der Waals surface area contributed by atoms with Crippen LogP contribution in [0.3, 0.4) is 0 Å². The van der Waals surface area contributed by atoms with Crippen LogP contribution in [0.25, 0.3) is 0 Å². The maximum Gasteiger partial charge on any atom is 0.142 e. The third-order valence-electron chi connectivity index (χ3n) is 3.34. The summed E-state index contributed by atoms with van der Waals surface area (Å²) in [6, 6.07) is 2.25. The molecule has 3 nitrogen and oxygen atoms in total. The summed E-state index contributed by atoms with van der Waals surface area (Å²) in [4.78, 5) is 9.34. The molecule has 3 rings (SSSR count). The molecule has 1 aromatic heterocycles. The van der Waals surface area contributed by atoms with Crippen molar-refractivity contribution in [2.45, 2.75) is 51.0 Å². The Morgan fingerprint density at radius 1 is 1.12 bits per heavy atom. The van der Waals surface area contributed by atoms with Crippen LogP contribution in [-0.4, -0.2) is 16.5 Å². The molecule has 86 valence electrons. The smallest absolute Gasteiger partial charge is 0.142 e. The van der Waals surface area contributed by atoms with Gasteiger partial charge in [0.25, 0.3) is 0 Å². The first-order chi connectivity index (χ1) is 7.86. The highest BCUT2D eigenvalue weighted by Gasteiger charge is 2.30. The number of nitrogens with zero attached hydrogens (tertiary/aromatic N) is 2. The Morgan fingerprint density at radius 2 is 1.69 bits per heavy atom. The Morgan fingerprint density at radius 3 is 2.12 bits per heavy atom. The number of hydrogen-bond donors (Lipinski definition) is 1. The van der Waals surface area contributed by atoms with Crippen molar-refractivity contribution < 1.29 is 0 Å². The highest BCUT2D eigenvalue weighted by Crippen LogP contribution is 2.43. The molecule has 0 unspecified atom stereocenters. The standard InChI is InChI=1S/C13H19N3/c1-2-14-8-13-15-11(9-3-4-9)7-12(16-13)10-5-6-10/h7,9-10,14H,2-6,8H2,1H3. The fraction of sp³-hybridized carbons (Fsp3) is 0.692. The molecular formula is C13H19N3. The van der Waals surface area contributed by atoms with Crippen LogP contribution in [0, 0.1) is 0 Å². The quantitative estimate of drug-likeness (QED) is 0.822. The second-order valence-electron chi connectivity index (χ2n) is 4.96. The largest absolute Gasteiger partial charge is 0.310 e. The Balaban J connectivity index is 1.84. The third-order valence-corrected chi connectivity index (χ3v) is 3.34. The molecule has 3 heteroatoms. The Hall–Kier alpha value is -0.960. The van der Waals surface area contributed by atoms with Gasteiger partial charge in [0.15, 0.2) is 0 Å². The molecule has 0 saturated heterocycles. The summed E-state index contributed by atoms with van der Waals surface area (Å²) in [5.41, 5.74) is 2.59. The van der Waals surface area contributed by atoms with Crippen molar-refractivity contribution in [1.29, 1.82) is 0 Å². The van der Waals surface area contributed by atoms with Crippen LogP contribution >= 0.6 is 0 Å². The second kappa shape index (κ2) is 4.13. The summed E-state index contributed by atoms with van der Waals surface area (Å²) in [5.74, 6) is 2.47. The molecular weight excluding hydrogens is 198 g/mol. The van der Waals surface area contributed by atoms with Gasteiger partial charge in [0.1, 0.15) is 5.82 Å². The van der Waals surface area contributed by atoms with Gasteiger partial charge in [-0.05, 0) is 38.3 Å². The van der Waals surface area contributed by atoms with Gasteiger partial charge in [0.05, 0.1) is 6.54 Å². The molecule has 1 N–H and O–H groups in total. The minimum atomic E-state index is 0.737. The Labute approximate surface area is 96.7 Å². The number of hydrogen-bond acceptors (Lipinski definition) is 3. The summed E-state index contributed by atoms with van der Waals surface area (Å²) < 4.78 is 0. The topological polar surface area (TPSA) is 37.8 Å². The summed E-state index contributed by atoms with van der Waals surface area (Å²) in [5, 5.41) is 3.31. The molecule has 2 aliphatic rings. The van der Waals surface area contributed by atoms with Crippen molar-refractivity contribution >= 4 is 0 Å². The van der Waals surface area contributed by atoms with E-state index >= 15 is 0 Å². The van der Waals surface area contributed by atoms with Gasteiger partial charge < -0.3 is 5.32 Å². The number of nitrogens with one attached hydrogen (secondary N) is 1. The van der Waals surface area contributed by atoms with E-state index in [1.54, 1.807) is 0 Å². The molecule has 0 amide bonds. The minimum Gasteiger partial charge on any atom is -0.310 e. The Kier molecular flexibility index (Phi) is 2.64. The van der Waals surface area contributed by atoms with Crippen LogP contribution in [0.15, 0.2) is 6.07 Å².